The van der Waals surface area contributed by atoms with Crippen molar-refractivity contribution in [2.24, 2.45) is 5.73 Å². The van der Waals surface area contributed by atoms with Gasteiger partial charge in [-0.3, -0.25) is 4.79 Å². The molecular formula is C14H21FN2O. The van der Waals surface area contributed by atoms with Crippen LogP contribution in [0.2, 0.25) is 0 Å². The molecule has 1 rings (SSSR count). The highest BCUT2D eigenvalue weighted by Crippen LogP contribution is 2.20. The maximum Gasteiger partial charge on any atom is 0.227 e. The molecule has 0 aliphatic heterocycles. The number of rotatable bonds is 7. The molecule has 18 heavy (non-hydrogen) atoms. The first-order valence-corrected chi connectivity index (χ1v) is 6.45. The molecule has 0 heterocycles. The number of benzene rings is 1. The molecule has 0 bridgehead atoms. The lowest BCUT2D eigenvalue weighted by molar-refractivity contribution is -0.118. The number of hydrogen-bond acceptors (Lipinski definition) is 2. The zero-order valence-electron chi connectivity index (χ0n) is 10.9. The number of carbonyl (C=O) groups excluding carboxylic acids is 1. The van der Waals surface area contributed by atoms with Crippen LogP contribution < -0.4 is 10.6 Å². The van der Waals surface area contributed by atoms with Gasteiger partial charge in [-0.05, 0) is 31.5 Å². The zero-order chi connectivity index (χ0) is 13.4. The second-order valence-electron chi connectivity index (χ2n) is 4.24. The standard InChI is InChI=1S/C14H21FN2O/c1-2-3-9-14(18)17(11-6-10-16)13-8-5-4-7-12(13)15/h4-5,7-8H,2-3,6,9-11,16H2,1H3. The highest BCUT2D eigenvalue weighted by molar-refractivity contribution is 5.93. The van der Waals surface area contributed by atoms with Crippen LogP contribution in [-0.4, -0.2) is 19.0 Å². The Morgan fingerprint density at radius 3 is 2.67 bits per heavy atom. The average Bonchev–Trinajstić information content (AvgIpc) is 2.38. The molecule has 1 amide bonds. The second kappa shape index (κ2) is 7.82. The lowest BCUT2D eigenvalue weighted by atomic mass is 10.2. The van der Waals surface area contributed by atoms with Crippen molar-refractivity contribution in [2.75, 3.05) is 18.0 Å². The van der Waals surface area contributed by atoms with Gasteiger partial charge in [0.25, 0.3) is 0 Å². The number of nitrogens with two attached hydrogens (primary N) is 1. The largest absolute Gasteiger partial charge is 0.330 e. The number of amides is 1. The van der Waals surface area contributed by atoms with Crippen LogP contribution in [0.1, 0.15) is 32.6 Å². The third-order valence-corrected chi connectivity index (χ3v) is 2.77. The Morgan fingerprint density at radius 2 is 2.06 bits per heavy atom. The highest BCUT2D eigenvalue weighted by atomic mass is 19.1. The minimum Gasteiger partial charge on any atom is -0.330 e. The van der Waals surface area contributed by atoms with Crippen molar-refractivity contribution in [2.45, 2.75) is 32.6 Å². The fourth-order valence-electron chi connectivity index (χ4n) is 1.76. The van der Waals surface area contributed by atoms with Crippen LogP contribution in [0.25, 0.3) is 0 Å². The third kappa shape index (κ3) is 4.11. The number of halogens is 1. The predicted molar refractivity (Wildman–Crippen MR) is 71.9 cm³/mol. The van der Waals surface area contributed by atoms with Crippen LogP contribution >= 0.6 is 0 Å². The van der Waals surface area contributed by atoms with E-state index in [1.807, 2.05) is 6.92 Å². The van der Waals surface area contributed by atoms with Gasteiger partial charge in [0.2, 0.25) is 5.91 Å². The van der Waals surface area contributed by atoms with Crippen molar-refractivity contribution >= 4 is 11.6 Å². The number of unbranched alkanes of at least 4 members (excludes halogenated alkanes) is 1. The Morgan fingerprint density at radius 1 is 1.33 bits per heavy atom. The molecule has 0 atom stereocenters. The molecule has 100 valence electrons. The van der Waals surface area contributed by atoms with Gasteiger partial charge in [0.05, 0.1) is 5.69 Å². The molecule has 1 aromatic carbocycles. The molecule has 0 unspecified atom stereocenters. The van der Waals surface area contributed by atoms with Crippen molar-refractivity contribution in [3.8, 4) is 0 Å². The monoisotopic (exact) mass is 252 g/mol. The van der Waals surface area contributed by atoms with E-state index in [0.717, 1.165) is 12.8 Å². The highest BCUT2D eigenvalue weighted by Gasteiger charge is 2.17. The van der Waals surface area contributed by atoms with Gasteiger partial charge < -0.3 is 10.6 Å². The smallest absolute Gasteiger partial charge is 0.227 e. The Bertz CT molecular complexity index is 382. The van der Waals surface area contributed by atoms with Gasteiger partial charge in [-0.25, -0.2) is 4.39 Å². The van der Waals surface area contributed by atoms with Crippen molar-refractivity contribution in [1.82, 2.24) is 0 Å². The fourth-order valence-corrected chi connectivity index (χ4v) is 1.76. The summed E-state index contributed by atoms with van der Waals surface area (Å²) < 4.78 is 13.7. The molecule has 1 aromatic rings. The van der Waals surface area contributed by atoms with Crippen LogP contribution in [0.5, 0.6) is 0 Å². The quantitative estimate of drug-likeness (QED) is 0.811. The normalized spacial score (nSPS) is 10.4. The first-order valence-electron chi connectivity index (χ1n) is 6.45. The van der Waals surface area contributed by atoms with Crippen LogP contribution in [0.4, 0.5) is 10.1 Å². The Hall–Kier alpha value is -1.42. The SMILES string of the molecule is CCCCC(=O)N(CCCN)c1ccccc1F. The summed E-state index contributed by atoms with van der Waals surface area (Å²) in [6, 6.07) is 6.37. The van der Waals surface area contributed by atoms with Gasteiger partial charge in [-0.1, -0.05) is 25.5 Å². The molecule has 2 N–H and O–H groups in total. The molecule has 0 fully saturated rings. The van der Waals surface area contributed by atoms with E-state index in [2.05, 4.69) is 0 Å². The van der Waals surface area contributed by atoms with Crippen molar-refractivity contribution in [3.05, 3.63) is 30.1 Å². The molecule has 0 saturated carbocycles. The van der Waals surface area contributed by atoms with E-state index >= 15 is 0 Å². The van der Waals surface area contributed by atoms with E-state index < -0.39 is 0 Å². The summed E-state index contributed by atoms with van der Waals surface area (Å²) in [5.74, 6) is -0.394. The molecule has 0 aromatic heterocycles. The first-order chi connectivity index (χ1) is 8.70. The Kier molecular flexibility index (Phi) is 6.36. The first kappa shape index (κ1) is 14.6. The summed E-state index contributed by atoms with van der Waals surface area (Å²) in [6.07, 6.45) is 2.90. The summed E-state index contributed by atoms with van der Waals surface area (Å²) in [7, 11) is 0. The van der Waals surface area contributed by atoms with E-state index in [4.69, 9.17) is 5.73 Å². The number of hydrogen-bond donors (Lipinski definition) is 1. The predicted octanol–water partition coefficient (Wildman–Crippen LogP) is 2.70. The van der Waals surface area contributed by atoms with E-state index in [-0.39, 0.29) is 11.7 Å². The number of para-hydroxylation sites is 1. The molecule has 0 spiro atoms. The number of anilines is 1. The Labute approximate surface area is 108 Å². The van der Waals surface area contributed by atoms with Crippen LogP contribution in [-0.2, 0) is 4.79 Å². The van der Waals surface area contributed by atoms with Crippen molar-refractivity contribution in [3.63, 3.8) is 0 Å². The third-order valence-electron chi connectivity index (χ3n) is 2.77. The van der Waals surface area contributed by atoms with Crippen molar-refractivity contribution < 1.29 is 9.18 Å². The minimum atomic E-state index is -0.362. The number of carbonyl (C=O) groups is 1. The van der Waals surface area contributed by atoms with E-state index in [9.17, 15) is 9.18 Å². The van der Waals surface area contributed by atoms with E-state index in [1.165, 1.54) is 11.0 Å². The summed E-state index contributed by atoms with van der Waals surface area (Å²) in [5, 5.41) is 0. The maximum absolute atomic E-state index is 13.7. The molecule has 0 aliphatic rings. The molecule has 0 aliphatic carbocycles. The van der Waals surface area contributed by atoms with E-state index in [0.29, 0.717) is 31.6 Å². The summed E-state index contributed by atoms with van der Waals surface area (Å²) in [5.41, 5.74) is 5.82. The van der Waals surface area contributed by atoms with Crippen LogP contribution in [0, 0.1) is 5.82 Å². The fraction of sp³-hybridized carbons (Fsp3) is 0.500. The Balaban J connectivity index is 2.83. The summed E-state index contributed by atoms with van der Waals surface area (Å²) in [6.45, 7) is 2.99. The lowest BCUT2D eigenvalue weighted by Crippen LogP contribution is -2.33. The summed E-state index contributed by atoms with van der Waals surface area (Å²) in [4.78, 5) is 13.6. The van der Waals surface area contributed by atoms with Gasteiger partial charge in [0.15, 0.2) is 0 Å². The average molecular weight is 252 g/mol. The van der Waals surface area contributed by atoms with Gasteiger partial charge in [-0.2, -0.15) is 0 Å². The summed E-state index contributed by atoms with van der Waals surface area (Å²) >= 11 is 0. The maximum atomic E-state index is 13.7. The number of nitrogens with zero attached hydrogens (tertiary/aromatic N) is 1. The minimum absolute atomic E-state index is 0.0320. The van der Waals surface area contributed by atoms with Gasteiger partial charge in [0.1, 0.15) is 5.82 Å². The van der Waals surface area contributed by atoms with Gasteiger partial charge in [0, 0.05) is 13.0 Å². The van der Waals surface area contributed by atoms with Crippen molar-refractivity contribution in [1.29, 1.82) is 0 Å². The molecule has 0 radical (unpaired) electrons. The lowest BCUT2D eigenvalue weighted by Gasteiger charge is -2.23. The van der Waals surface area contributed by atoms with Crippen LogP contribution in [0.3, 0.4) is 0 Å². The second-order valence-corrected chi connectivity index (χ2v) is 4.24. The van der Waals surface area contributed by atoms with Crippen LogP contribution in [0.15, 0.2) is 24.3 Å². The zero-order valence-corrected chi connectivity index (χ0v) is 10.9. The van der Waals surface area contributed by atoms with Gasteiger partial charge in [-0.15, -0.1) is 0 Å². The van der Waals surface area contributed by atoms with E-state index in [1.54, 1.807) is 18.2 Å². The molecule has 0 saturated heterocycles. The topological polar surface area (TPSA) is 46.3 Å². The molecule has 4 heteroatoms. The van der Waals surface area contributed by atoms with Gasteiger partial charge >= 0.3 is 0 Å². The molecule has 3 nitrogen and oxygen atoms in total. The molecular weight excluding hydrogens is 231 g/mol.